The first-order valence-electron chi connectivity index (χ1n) is 14.0. The summed E-state index contributed by atoms with van der Waals surface area (Å²) in [4.78, 5) is 15.4. The standard InChI is InChI=1S/C33H26Cl4N2O3/c1-38(2)21-15-22-23(18-10-4-3-9-17(18)21)24(25-26(33(40)41)28(35)30(37)29(36)27(25)34)20-14-16-8-5-6-12-39-13-7-11-19(31(16)39)32(20)42-22/h3-4,9-10,14-15H,5-8,11-13H2,1-2H3/p+1. The number of carbonyl (C=O) groups is 1. The molecule has 0 spiro atoms. The Hall–Kier alpha value is -2.96. The summed E-state index contributed by atoms with van der Waals surface area (Å²) in [7, 11) is 3.99. The van der Waals surface area contributed by atoms with Crippen LogP contribution >= 0.6 is 46.4 Å². The molecule has 4 aliphatic rings. The molecular formula is C33H27Cl4N2O3+. The smallest absolute Gasteiger partial charge is 0.337 e. The summed E-state index contributed by atoms with van der Waals surface area (Å²) in [5, 5.41) is 14.0. The van der Waals surface area contributed by atoms with Gasteiger partial charge in [0.05, 0.1) is 37.1 Å². The number of nitrogens with zero attached hydrogens (tertiary/aromatic N) is 2. The van der Waals surface area contributed by atoms with Crippen LogP contribution in [0.5, 0.6) is 0 Å². The lowest BCUT2D eigenvalue weighted by Crippen LogP contribution is -2.30. The largest absolute Gasteiger partial charge is 0.478 e. The van der Waals surface area contributed by atoms with Gasteiger partial charge in [0.2, 0.25) is 5.36 Å². The topological polar surface area (TPSA) is 56.7 Å². The van der Waals surface area contributed by atoms with Crippen molar-refractivity contribution in [2.24, 2.45) is 0 Å². The summed E-state index contributed by atoms with van der Waals surface area (Å²) in [6.07, 6.45) is 4.98. The molecule has 1 N–H and O–H groups in total. The number of anilines is 1. The van der Waals surface area contributed by atoms with Crippen LogP contribution in [0.3, 0.4) is 0 Å². The monoisotopic (exact) mass is 639 g/mol. The molecule has 0 bridgehead atoms. The quantitative estimate of drug-likeness (QED) is 0.0689. The molecule has 3 aliphatic heterocycles. The molecule has 0 unspecified atom stereocenters. The van der Waals surface area contributed by atoms with Gasteiger partial charge in [-0.05, 0) is 55.2 Å². The van der Waals surface area contributed by atoms with E-state index in [1.54, 1.807) is 0 Å². The van der Waals surface area contributed by atoms with Gasteiger partial charge in [0.1, 0.15) is 25.4 Å². The van der Waals surface area contributed by atoms with Crippen LogP contribution in [0.1, 0.15) is 40.7 Å². The summed E-state index contributed by atoms with van der Waals surface area (Å²) < 4.78 is 8.96. The normalized spacial score (nSPS) is 14.9. The summed E-state index contributed by atoms with van der Waals surface area (Å²) in [5.74, 6) is -0.620. The Balaban J connectivity index is 1.81. The number of halogens is 4. The summed E-state index contributed by atoms with van der Waals surface area (Å²) >= 11 is 26.7. The van der Waals surface area contributed by atoms with Gasteiger partial charge < -0.3 is 14.4 Å². The second-order valence-electron chi connectivity index (χ2n) is 11.3. The first kappa shape index (κ1) is 27.8. The van der Waals surface area contributed by atoms with Crippen molar-refractivity contribution in [2.75, 3.05) is 32.1 Å². The molecule has 3 aromatic rings. The fourth-order valence-electron chi connectivity index (χ4n) is 6.90. The molecule has 0 radical (unpaired) electrons. The first-order valence-corrected chi connectivity index (χ1v) is 15.5. The van der Waals surface area contributed by atoms with Crippen LogP contribution < -0.4 is 14.8 Å². The van der Waals surface area contributed by atoms with Crippen LogP contribution in [-0.2, 0) is 12.8 Å². The number of aromatic carboxylic acids is 1. The molecule has 0 atom stereocenters. The molecule has 1 aliphatic carbocycles. The third-order valence-corrected chi connectivity index (χ3v) is 10.5. The lowest BCUT2D eigenvalue weighted by molar-refractivity contribution is 0.0698. The van der Waals surface area contributed by atoms with E-state index < -0.39 is 5.97 Å². The van der Waals surface area contributed by atoms with Gasteiger partial charge in [-0.3, -0.25) is 0 Å². The molecule has 3 heterocycles. The highest BCUT2D eigenvalue weighted by Crippen LogP contribution is 2.53. The number of carboxylic acids is 1. The van der Waals surface area contributed by atoms with E-state index in [9.17, 15) is 9.90 Å². The molecule has 42 heavy (non-hydrogen) atoms. The van der Waals surface area contributed by atoms with Gasteiger partial charge in [-0.15, -0.1) is 0 Å². The summed E-state index contributed by atoms with van der Waals surface area (Å²) in [5.41, 5.74) is 5.81. The molecule has 0 aromatic heterocycles. The minimum atomic E-state index is -1.24. The molecule has 3 aromatic carbocycles. The number of carboxylic acid groups (broad SMARTS) is 1. The first-order chi connectivity index (χ1) is 20.2. The van der Waals surface area contributed by atoms with Gasteiger partial charge >= 0.3 is 5.97 Å². The molecule has 0 saturated carbocycles. The minimum absolute atomic E-state index is 0.0157. The zero-order valence-electron chi connectivity index (χ0n) is 23.1. The number of fused-ring (bicyclic) bond motifs is 5. The zero-order chi connectivity index (χ0) is 29.4. The van der Waals surface area contributed by atoms with Crippen LogP contribution in [0, 0.1) is 0 Å². The second-order valence-corrected chi connectivity index (χ2v) is 12.8. The van der Waals surface area contributed by atoms with Crippen molar-refractivity contribution in [2.45, 2.75) is 32.1 Å². The van der Waals surface area contributed by atoms with Gasteiger partial charge in [-0.1, -0.05) is 64.6 Å². The van der Waals surface area contributed by atoms with Crippen LogP contribution in [0.2, 0.25) is 20.1 Å². The molecule has 5 nitrogen and oxygen atoms in total. The highest BCUT2D eigenvalue weighted by atomic mass is 35.5. The molecular weight excluding hydrogens is 614 g/mol. The van der Waals surface area contributed by atoms with E-state index in [1.807, 2.05) is 38.4 Å². The fraction of sp³-hybridized carbons (Fsp3) is 0.273. The summed E-state index contributed by atoms with van der Waals surface area (Å²) in [6.45, 7) is 2.03. The SMILES string of the molecule is C[N+](C)=c1cc2oc3c4c5c(cc3c(-c3c(Cl)c(Cl)c(Cl)c(Cl)c3C(=O)O)c-2c2ccccc12)CCCCN5CCC4. The van der Waals surface area contributed by atoms with Crippen molar-refractivity contribution in [3.63, 3.8) is 0 Å². The summed E-state index contributed by atoms with van der Waals surface area (Å²) in [6, 6.07) is 12.2. The Labute approximate surface area is 262 Å². The molecule has 0 saturated heterocycles. The lowest BCUT2D eigenvalue weighted by atomic mass is 9.84. The number of aryl methyl sites for hydroxylation is 2. The van der Waals surface area contributed by atoms with Gasteiger partial charge in [0.15, 0.2) is 0 Å². The molecule has 0 fully saturated rings. The van der Waals surface area contributed by atoms with E-state index >= 15 is 0 Å². The Morgan fingerprint density at radius 2 is 1.55 bits per heavy atom. The number of hydrogen-bond acceptors (Lipinski definition) is 3. The van der Waals surface area contributed by atoms with E-state index in [4.69, 9.17) is 50.8 Å². The molecule has 0 amide bonds. The maximum atomic E-state index is 12.9. The van der Waals surface area contributed by atoms with Gasteiger partial charge in [-0.2, -0.15) is 0 Å². The van der Waals surface area contributed by atoms with Gasteiger partial charge in [0.25, 0.3) is 0 Å². The van der Waals surface area contributed by atoms with E-state index in [0.29, 0.717) is 11.3 Å². The van der Waals surface area contributed by atoms with E-state index in [0.717, 1.165) is 83.4 Å². The van der Waals surface area contributed by atoms with Crippen molar-refractivity contribution >= 4 is 79.8 Å². The van der Waals surface area contributed by atoms with Gasteiger partial charge in [0, 0.05) is 46.4 Å². The highest BCUT2D eigenvalue weighted by Gasteiger charge is 2.34. The van der Waals surface area contributed by atoms with E-state index in [1.165, 1.54) is 11.3 Å². The van der Waals surface area contributed by atoms with Crippen molar-refractivity contribution in [1.29, 1.82) is 0 Å². The maximum absolute atomic E-state index is 12.9. The average molecular weight is 641 g/mol. The van der Waals surface area contributed by atoms with Crippen LogP contribution in [-0.4, -0.2) is 38.3 Å². The third-order valence-electron chi connectivity index (χ3n) is 8.65. The number of hydrogen-bond donors (Lipinski definition) is 1. The average Bonchev–Trinajstić information content (AvgIpc) is 3.19. The van der Waals surface area contributed by atoms with Crippen molar-refractivity contribution in [3.8, 4) is 22.5 Å². The van der Waals surface area contributed by atoms with Gasteiger partial charge in [-0.25, -0.2) is 9.37 Å². The van der Waals surface area contributed by atoms with Crippen LogP contribution in [0.15, 0.2) is 40.8 Å². The maximum Gasteiger partial charge on any atom is 0.337 e. The number of benzene rings is 4. The van der Waals surface area contributed by atoms with Crippen molar-refractivity contribution < 1.29 is 14.3 Å². The van der Waals surface area contributed by atoms with Crippen molar-refractivity contribution in [3.05, 3.63) is 78.5 Å². The second kappa shape index (κ2) is 10.3. The minimum Gasteiger partial charge on any atom is -0.478 e. The lowest BCUT2D eigenvalue weighted by Gasteiger charge is -2.33. The highest BCUT2D eigenvalue weighted by molar-refractivity contribution is 6.54. The molecule has 214 valence electrons. The molecule has 9 heteroatoms. The van der Waals surface area contributed by atoms with Crippen LogP contribution in [0.25, 0.3) is 44.2 Å². The van der Waals surface area contributed by atoms with Crippen LogP contribution in [0.4, 0.5) is 5.69 Å². The fourth-order valence-corrected chi connectivity index (χ4v) is 7.93. The third kappa shape index (κ3) is 4.05. The Kier molecular flexibility index (Phi) is 6.86. The van der Waals surface area contributed by atoms with E-state index in [2.05, 4.69) is 21.6 Å². The zero-order valence-corrected chi connectivity index (χ0v) is 26.1. The Bertz CT molecular complexity index is 2030. The Morgan fingerprint density at radius 3 is 2.29 bits per heavy atom. The Morgan fingerprint density at radius 1 is 0.833 bits per heavy atom. The predicted molar refractivity (Wildman–Crippen MR) is 173 cm³/mol. The van der Waals surface area contributed by atoms with Crippen molar-refractivity contribution in [1.82, 2.24) is 4.58 Å². The van der Waals surface area contributed by atoms with E-state index in [-0.39, 0.29) is 31.2 Å². The molecule has 7 rings (SSSR count). The number of rotatable bonds is 2. The predicted octanol–water partition coefficient (Wildman–Crippen LogP) is 8.79.